The second-order valence-electron chi connectivity index (χ2n) is 7.55. The maximum absolute atomic E-state index is 13.3. The standard InChI is InChI=1S/C23H22BrN3O2/c1-13-6-3-4-7-16(13)21-20(23(29)27-19-11-10-15(24)12-25-19)14(2)26-17-8-5-9-18(28)22(17)21/h3-4,6-7,10-12,21-22H,5,8-9H2,1-2H3,(H,25,27,29)/t21-,22?/m0/s1. The number of hydrogen-bond acceptors (Lipinski definition) is 4. The number of hydrogen-bond donors (Lipinski definition) is 1. The van der Waals surface area contributed by atoms with E-state index < -0.39 is 0 Å². The predicted molar refractivity (Wildman–Crippen MR) is 117 cm³/mol. The molecule has 6 heteroatoms. The van der Waals surface area contributed by atoms with Crippen LogP contribution in [0.5, 0.6) is 0 Å². The van der Waals surface area contributed by atoms with E-state index in [4.69, 9.17) is 4.99 Å². The zero-order chi connectivity index (χ0) is 20.5. The third-order valence-electron chi connectivity index (χ3n) is 5.64. The first-order valence-electron chi connectivity index (χ1n) is 9.75. The van der Waals surface area contributed by atoms with Gasteiger partial charge in [-0.3, -0.25) is 14.6 Å². The van der Waals surface area contributed by atoms with Gasteiger partial charge in [-0.1, -0.05) is 24.3 Å². The maximum atomic E-state index is 13.3. The molecule has 0 spiro atoms. The van der Waals surface area contributed by atoms with Crippen LogP contribution in [0.15, 0.2) is 63.3 Å². The third-order valence-corrected chi connectivity index (χ3v) is 6.11. The Kier molecular flexibility index (Phi) is 5.46. The van der Waals surface area contributed by atoms with E-state index in [-0.39, 0.29) is 23.5 Å². The summed E-state index contributed by atoms with van der Waals surface area (Å²) in [4.78, 5) is 35.2. The summed E-state index contributed by atoms with van der Waals surface area (Å²) < 4.78 is 0.836. The fraction of sp³-hybridized carbons (Fsp3) is 0.304. The number of aryl methyl sites for hydroxylation is 1. The number of fused-ring (bicyclic) bond motifs is 1. The molecule has 2 atom stereocenters. The van der Waals surface area contributed by atoms with Gasteiger partial charge in [0.15, 0.2) is 0 Å². The Labute approximate surface area is 178 Å². The van der Waals surface area contributed by atoms with Crippen LogP contribution in [0.3, 0.4) is 0 Å². The fourth-order valence-electron chi connectivity index (χ4n) is 4.32. The molecule has 0 bridgehead atoms. The summed E-state index contributed by atoms with van der Waals surface area (Å²) in [6.45, 7) is 3.88. The van der Waals surface area contributed by atoms with Crippen molar-refractivity contribution in [2.45, 2.75) is 39.0 Å². The Bertz CT molecular complexity index is 1040. The molecule has 1 amide bonds. The third kappa shape index (κ3) is 3.81. The molecule has 4 rings (SSSR count). The Morgan fingerprint density at radius 1 is 1.10 bits per heavy atom. The Morgan fingerprint density at radius 2 is 1.90 bits per heavy atom. The van der Waals surface area contributed by atoms with Crippen LogP contribution in [0, 0.1) is 12.8 Å². The van der Waals surface area contributed by atoms with Gasteiger partial charge in [-0.15, -0.1) is 0 Å². The highest BCUT2D eigenvalue weighted by Gasteiger charge is 2.43. The first kappa shape index (κ1) is 19.7. The van der Waals surface area contributed by atoms with Gasteiger partial charge in [0.1, 0.15) is 11.6 Å². The van der Waals surface area contributed by atoms with Crippen molar-refractivity contribution in [1.29, 1.82) is 0 Å². The SMILES string of the molecule is CC1=C(C(=O)Nc2ccc(Br)cn2)[C@H](c2ccccc2C)C2C(=O)CCCC2=N1. The number of anilines is 1. The van der Waals surface area contributed by atoms with Gasteiger partial charge in [-0.2, -0.15) is 0 Å². The number of Topliss-reactive ketones (excluding diaryl/α,β-unsaturated/α-hetero) is 1. The molecule has 1 saturated carbocycles. The molecule has 1 aromatic heterocycles. The number of pyridine rings is 1. The zero-order valence-corrected chi connectivity index (χ0v) is 18.0. The van der Waals surface area contributed by atoms with Crippen molar-refractivity contribution in [2.24, 2.45) is 10.9 Å². The zero-order valence-electron chi connectivity index (χ0n) is 16.4. The number of carbonyl (C=O) groups excluding carboxylic acids is 2. The van der Waals surface area contributed by atoms with E-state index >= 15 is 0 Å². The van der Waals surface area contributed by atoms with Crippen molar-refractivity contribution in [2.75, 3.05) is 5.32 Å². The molecule has 29 heavy (non-hydrogen) atoms. The number of halogens is 1. The van der Waals surface area contributed by atoms with Gasteiger partial charge in [0.05, 0.1) is 5.92 Å². The summed E-state index contributed by atoms with van der Waals surface area (Å²) in [6.07, 6.45) is 3.80. The van der Waals surface area contributed by atoms with Crippen LogP contribution in [0.25, 0.3) is 0 Å². The van der Waals surface area contributed by atoms with Crippen molar-refractivity contribution < 1.29 is 9.59 Å². The second kappa shape index (κ2) is 8.03. The number of aromatic nitrogens is 1. The van der Waals surface area contributed by atoms with E-state index in [0.717, 1.165) is 34.2 Å². The molecule has 1 aliphatic carbocycles. The number of aliphatic imine (C=N–C) groups is 1. The quantitative estimate of drug-likeness (QED) is 0.715. The van der Waals surface area contributed by atoms with E-state index in [2.05, 4.69) is 26.2 Å². The highest BCUT2D eigenvalue weighted by molar-refractivity contribution is 9.10. The minimum atomic E-state index is -0.368. The number of nitrogens with zero attached hydrogens (tertiary/aromatic N) is 2. The molecular weight excluding hydrogens is 430 g/mol. The summed E-state index contributed by atoms with van der Waals surface area (Å²) in [5, 5.41) is 2.89. The van der Waals surface area contributed by atoms with Crippen molar-refractivity contribution in [1.82, 2.24) is 4.98 Å². The van der Waals surface area contributed by atoms with Crippen LogP contribution in [0.4, 0.5) is 5.82 Å². The second-order valence-corrected chi connectivity index (χ2v) is 8.47. The topological polar surface area (TPSA) is 71.4 Å². The molecule has 1 aromatic carbocycles. The molecule has 1 fully saturated rings. The summed E-state index contributed by atoms with van der Waals surface area (Å²) >= 11 is 3.35. The van der Waals surface area contributed by atoms with Gasteiger partial charge >= 0.3 is 0 Å². The van der Waals surface area contributed by atoms with E-state index in [1.165, 1.54) is 0 Å². The van der Waals surface area contributed by atoms with Gasteiger partial charge < -0.3 is 5.32 Å². The van der Waals surface area contributed by atoms with Crippen molar-refractivity contribution in [3.8, 4) is 0 Å². The molecule has 0 radical (unpaired) electrons. The Morgan fingerprint density at radius 3 is 2.62 bits per heavy atom. The molecule has 0 saturated heterocycles. The number of nitrogens with one attached hydrogen (secondary N) is 1. The summed E-state index contributed by atoms with van der Waals surface area (Å²) in [7, 11) is 0. The Balaban J connectivity index is 1.80. The maximum Gasteiger partial charge on any atom is 0.255 e. The molecule has 1 N–H and O–H groups in total. The van der Waals surface area contributed by atoms with Crippen LogP contribution < -0.4 is 5.32 Å². The van der Waals surface area contributed by atoms with Gasteiger partial charge in [-0.05, 0) is 65.9 Å². The average Bonchev–Trinajstić information content (AvgIpc) is 2.69. The molecule has 1 unspecified atom stereocenters. The van der Waals surface area contributed by atoms with Gasteiger partial charge in [-0.25, -0.2) is 4.98 Å². The van der Waals surface area contributed by atoms with Gasteiger partial charge in [0.2, 0.25) is 0 Å². The lowest BCUT2D eigenvalue weighted by Crippen LogP contribution is -2.40. The summed E-state index contributed by atoms with van der Waals surface area (Å²) in [5.74, 6) is -0.319. The van der Waals surface area contributed by atoms with Crippen LogP contribution in [-0.2, 0) is 9.59 Å². The van der Waals surface area contributed by atoms with Crippen LogP contribution in [0.1, 0.15) is 43.2 Å². The lowest BCUT2D eigenvalue weighted by atomic mass is 9.68. The highest BCUT2D eigenvalue weighted by atomic mass is 79.9. The largest absolute Gasteiger partial charge is 0.307 e. The van der Waals surface area contributed by atoms with E-state index in [9.17, 15) is 9.59 Å². The van der Waals surface area contributed by atoms with Crippen LogP contribution >= 0.6 is 15.9 Å². The minimum absolute atomic E-state index is 0.169. The number of amides is 1. The number of rotatable bonds is 3. The average molecular weight is 452 g/mol. The molecule has 1 aliphatic heterocycles. The van der Waals surface area contributed by atoms with Crippen molar-refractivity contribution in [3.63, 3.8) is 0 Å². The molecule has 2 aromatic rings. The monoisotopic (exact) mass is 451 g/mol. The molecule has 5 nitrogen and oxygen atoms in total. The lowest BCUT2D eigenvalue weighted by Gasteiger charge is -2.36. The number of carbonyl (C=O) groups is 2. The number of ketones is 1. The van der Waals surface area contributed by atoms with E-state index in [1.54, 1.807) is 12.3 Å². The molecule has 2 aliphatic rings. The Hall–Kier alpha value is -2.60. The van der Waals surface area contributed by atoms with Crippen LogP contribution in [0.2, 0.25) is 0 Å². The fourth-order valence-corrected chi connectivity index (χ4v) is 4.56. The van der Waals surface area contributed by atoms with Crippen LogP contribution in [-0.4, -0.2) is 22.4 Å². The number of allylic oxidation sites excluding steroid dienone is 1. The predicted octanol–water partition coefficient (Wildman–Crippen LogP) is 4.97. The van der Waals surface area contributed by atoms with Crippen molar-refractivity contribution in [3.05, 3.63) is 69.5 Å². The summed E-state index contributed by atoms with van der Waals surface area (Å²) in [5.41, 5.74) is 4.21. The van der Waals surface area contributed by atoms with Gasteiger partial charge in [0.25, 0.3) is 5.91 Å². The smallest absolute Gasteiger partial charge is 0.255 e. The lowest BCUT2D eigenvalue weighted by molar-refractivity contribution is -0.122. The summed E-state index contributed by atoms with van der Waals surface area (Å²) in [6, 6.07) is 11.5. The minimum Gasteiger partial charge on any atom is -0.307 e. The molecule has 148 valence electrons. The molecular formula is C23H22BrN3O2. The first-order valence-corrected chi connectivity index (χ1v) is 10.5. The number of benzene rings is 1. The molecule has 2 heterocycles. The van der Waals surface area contributed by atoms with Gasteiger partial charge in [0, 0.05) is 40.0 Å². The first-order chi connectivity index (χ1) is 14.0. The van der Waals surface area contributed by atoms with E-state index in [1.807, 2.05) is 44.2 Å². The van der Waals surface area contributed by atoms with E-state index in [0.29, 0.717) is 23.5 Å². The van der Waals surface area contributed by atoms with Crippen molar-refractivity contribution >= 4 is 39.1 Å². The normalized spacial score (nSPS) is 21.5. The highest BCUT2D eigenvalue weighted by Crippen LogP contribution is 2.43.